The van der Waals surface area contributed by atoms with Gasteiger partial charge < -0.3 is 14.6 Å². The lowest BCUT2D eigenvalue weighted by Gasteiger charge is -2.17. The maximum atomic E-state index is 11.6. The molecule has 2 heterocycles. The Morgan fingerprint density at radius 1 is 1.17 bits per heavy atom. The molecule has 4 rings (SSSR count). The van der Waals surface area contributed by atoms with E-state index in [0.717, 1.165) is 26.1 Å². The van der Waals surface area contributed by atoms with Crippen molar-refractivity contribution in [2.24, 2.45) is 0 Å². The van der Waals surface area contributed by atoms with E-state index in [1.165, 1.54) is 34.8 Å². The Hall–Kier alpha value is -2.59. The minimum absolute atomic E-state index is 0.297. The molecular formula is C20H20N2O2. The molecule has 0 radical (unpaired) electrons. The standard InChI is InChI=1S/C20H20N2O2/c1-24-20(23)15-8-6-14(7-9-15)13-22-18-5-3-2-4-16(18)17-10-11-21-12-19(17)22/h2-9,21H,10-13H2,1H3. The zero-order valence-corrected chi connectivity index (χ0v) is 13.7. The number of methoxy groups -OCH3 is 1. The Morgan fingerprint density at radius 3 is 2.75 bits per heavy atom. The molecule has 0 saturated heterocycles. The highest BCUT2D eigenvalue weighted by molar-refractivity contribution is 5.89. The van der Waals surface area contributed by atoms with Crippen molar-refractivity contribution in [3.63, 3.8) is 0 Å². The second-order valence-electron chi connectivity index (χ2n) is 6.14. The van der Waals surface area contributed by atoms with Crippen LogP contribution in [0.1, 0.15) is 27.2 Å². The summed E-state index contributed by atoms with van der Waals surface area (Å²) in [5, 5.41) is 4.84. The van der Waals surface area contributed by atoms with Gasteiger partial charge in [-0.15, -0.1) is 0 Å². The van der Waals surface area contributed by atoms with Crippen LogP contribution in [0.15, 0.2) is 48.5 Å². The van der Waals surface area contributed by atoms with E-state index in [-0.39, 0.29) is 5.97 Å². The summed E-state index contributed by atoms with van der Waals surface area (Å²) in [4.78, 5) is 11.6. The number of aromatic nitrogens is 1. The van der Waals surface area contributed by atoms with Gasteiger partial charge in [0.15, 0.2) is 0 Å². The van der Waals surface area contributed by atoms with Crippen LogP contribution in [0.2, 0.25) is 0 Å². The molecule has 0 bridgehead atoms. The summed E-state index contributed by atoms with van der Waals surface area (Å²) in [7, 11) is 1.40. The van der Waals surface area contributed by atoms with Crippen molar-refractivity contribution >= 4 is 16.9 Å². The monoisotopic (exact) mass is 320 g/mol. The van der Waals surface area contributed by atoms with E-state index in [4.69, 9.17) is 4.74 Å². The number of nitrogens with one attached hydrogen (secondary N) is 1. The second-order valence-corrected chi connectivity index (χ2v) is 6.14. The highest BCUT2D eigenvalue weighted by Gasteiger charge is 2.19. The first kappa shape index (κ1) is 15.0. The maximum Gasteiger partial charge on any atom is 0.337 e. The lowest BCUT2D eigenvalue weighted by molar-refractivity contribution is 0.0600. The molecule has 1 N–H and O–H groups in total. The van der Waals surface area contributed by atoms with Crippen molar-refractivity contribution in [1.29, 1.82) is 0 Å². The Kier molecular flexibility index (Phi) is 3.82. The number of carbonyl (C=O) groups is 1. The number of esters is 1. The summed E-state index contributed by atoms with van der Waals surface area (Å²) >= 11 is 0. The van der Waals surface area contributed by atoms with Crippen molar-refractivity contribution in [3.8, 4) is 0 Å². The Balaban J connectivity index is 1.73. The smallest absolute Gasteiger partial charge is 0.337 e. The van der Waals surface area contributed by atoms with Crippen LogP contribution < -0.4 is 5.32 Å². The number of para-hydroxylation sites is 1. The Morgan fingerprint density at radius 2 is 1.96 bits per heavy atom. The molecule has 1 aliphatic rings. The fourth-order valence-corrected chi connectivity index (χ4v) is 3.56. The SMILES string of the molecule is COC(=O)c1ccc(Cn2c3c(c4ccccc42)CCNC3)cc1. The fraction of sp³-hybridized carbons (Fsp3) is 0.250. The molecule has 0 fully saturated rings. The molecule has 0 atom stereocenters. The minimum Gasteiger partial charge on any atom is -0.465 e. The maximum absolute atomic E-state index is 11.6. The van der Waals surface area contributed by atoms with Gasteiger partial charge in [-0.1, -0.05) is 30.3 Å². The van der Waals surface area contributed by atoms with Gasteiger partial charge in [0.2, 0.25) is 0 Å². The number of carbonyl (C=O) groups excluding carboxylic acids is 1. The third kappa shape index (κ3) is 2.49. The number of benzene rings is 2. The predicted octanol–water partition coefficient (Wildman–Crippen LogP) is 3.12. The Labute approximate surface area is 141 Å². The average molecular weight is 320 g/mol. The third-order valence-electron chi connectivity index (χ3n) is 4.75. The van der Waals surface area contributed by atoms with Crippen LogP contribution in [0.3, 0.4) is 0 Å². The second kappa shape index (κ2) is 6.13. The largest absolute Gasteiger partial charge is 0.465 e. The van der Waals surface area contributed by atoms with E-state index < -0.39 is 0 Å². The molecule has 24 heavy (non-hydrogen) atoms. The third-order valence-corrected chi connectivity index (χ3v) is 4.75. The summed E-state index contributed by atoms with van der Waals surface area (Å²) < 4.78 is 7.15. The average Bonchev–Trinajstić information content (AvgIpc) is 2.96. The van der Waals surface area contributed by atoms with Crippen molar-refractivity contribution in [1.82, 2.24) is 9.88 Å². The van der Waals surface area contributed by atoms with Gasteiger partial charge in [-0.05, 0) is 42.3 Å². The van der Waals surface area contributed by atoms with Gasteiger partial charge in [0.1, 0.15) is 0 Å². The van der Waals surface area contributed by atoms with Gasteiger partial charge in [0, 0.05) is 29.7 Å². The topological polar surface area (TPSA) is 43.3 Å². The number of nitrogens with zero attached hydrogens (tertiary/aromatic N) is 1. The number of hydrogen-bond donors (Lipinski definition) is 1. The normalized spacial score (nSPS) is 13.7. The van der Waals surface area contributed by atoms with Crippen molar-refractivity contribution in [3.05, 3.63) is 70.9 Å². The van der Waals surface area contributed by atoms with Crippen molar-refractivity contribution < 1.29 is 9.53 Å². The molecule has 3 aromatic rings. The quantitative estimate of drug-likeness (QED) is 0.754. The van der Waals surface area contributed by atoms with Crippen LogP contribution in [0.25, 0.3) is 10.9 Å². The molecule has 0 unspecified atom stereocenters. The van der Waals surface area contributed by atoms with Crippen LogP contribution in [-0.4, -0.2) is 24.2 Å². The van der Waals surface area contributed by atoms with Crippen LogP contribution in [0.4, 0.5) is 0 Å². The van der Waals surface area contributed by atoms with Crippen LogP contribution in [-0.2, 0) is 24.2 Å². The molecule has 2 aromatic carbocycles. The molecule has 0 saturated carbocycles. The zero-order chi connectivity index (χ0) is 16.5. The van der Waals surface area contributed by atoms with Gasteiger partial charge in [0.25, 0.3) is 0 Å². The van der Waals surface area contributed by atoms with E-state index >= 15 is 0 Å². The molecule has 0 aliphatic carbocycles. The van der Waals surface area contributed by atoms with E-state index in [0.29, 0.717) is 5.56 Å². The van der Waals surface area contributed by atoms with Gasteiger partial charge in [-0.25, -0.2) is 4.79 Å². The van der Waals surface area contributed by atoms with Crippen molar-refractivity contribution in [2.45, 2.75) is 19.5 Å². The summed E-state index contributed by atoms with van der Waals surface area (Å²) in [6, 6.07) is 16.3. The molecule has 4 heteroatoms. The molecule has 0 spiro atoms. The number of rotatable bonds is 3. The minimum atomic E-state index is -0.297. The predicted molar refractivity (Wildman–Crippen MR) is 94.2 cm³/mol. The molecule has 122 valence electrons. The molecule has 1 aliphatic heterocycles. The van der Waals surface area contributed by atoms with Crippen LogP contribution >= 0.6 is 0 Å². The number of fused-ring (bicyclic) bond motifs is 3. The van der Waals surface area contributed by atoms with Gasteiger partial charge in [-0.3, -0.25) is 0 Å². The van der Waals surface area contributed by atoms with Crippen LogP contribution in [0, 0.1) is 0 Å². The van der Waals surface area contributed by atoms with E-state index in [2.05, 4.69) is 34.1 Å². The lowest BCUT2D eigenvalue weighted by atomic mass is 10.0. The summed E-state index contributed by atoms with van der Waals surface area (Å²) in [6.07, 6.45) is 1.07. The van der Waals surface area contributed by atoms with Crippen molar-refractivity contribution in [2.75, 3.05) is 13.7 Å². The summed E-state index contributed by atoms with van der Waals surface area (Å²) in [5.41, 5.74) is 5.89. The first-order chi connectivity index (χ1) is 11.8. The van der Waals surface area contributed by atoms with Gasteiger partial charge in [-0.2, -0.15) is 0 Å². The van der Waals surface area contributed by atoms with Gasteiger partial charge in [0.05, 0.1) is 12.7 Å². The molecular weight excluding hydrogens is 300 g/mol. The highest BCUT2D eigenvalue weighted by atomic mass is 16.5. The first-order valence-electron chi connectivity index (χ1n) is 8.25. The number of hydrogen-bond acceptors (Lipinski definition) is 3. The summed E-state index contributed by atoms with van der Waals surface area (Å²) in [5.74, 6) is -0.297. The molecule has 4 nitrogen and oxygen atoms in total. The lowest BCUT2D eigenvalue weighted by Crippen LogP contribution is -2.25. The zero-order valence-electron chi connectivity index (χ0n) is 13.7. The summed E-state index contributed by atoms with van der Waals surface area (Å²) in [6.45, 7) is 2.75. The number of ether oxygens (including phenoxy) is 1. The molecule has 1 aromatic heterocycles. The van der Waals surface area contributed by atoms with E-state index in [1.54, 1.807) is 0 Å². The van der Waals surface area contributed by atoms with E-state index in [1.807, 2.05) is 24.3 Å². The Bertz CT molecular complexity index is 894. The van der Waals surface area contributed by atoms with Crippen LogP contribution in [0.5, 0.6) is 0 Å². The highest BCUT2D eigenvalue weighted by Crippen LogP contribution is 2.29. The molecule has 0 amide bonds. The first-order valence-corrected chi connectivity index (χ1v) is 8.25. The van der Waals surface area contributed by atoms with Gasteiger partial charge >= 0.3 is 5.97 Å². The fourth-order valence-electron chi connectivity index (χ4n) is 3.56. The van der Waals surface area contributed by atoms with E-state index in [9.17, 15) is 4.79 Å².